The molecule has 1 aromatic rings. The molecule has 0 bridgehead atoms. The van der Waals surface area contributed by atoms with Gasteiger partial charge in [-0.15, -0.1) is 10.2 Å². The maximum absolute atomic E-state index is 11.3. The van der Waals surface area contributed by atoms with E-state index in [1.807, 2.05) is 11.6 Å². The highest BCUT2D eigenvalue weighted by atomic mass is 16.5. The molecular weight excluding hydrogens is 224 g/mol. The van der Waals surface area contributed by atoms with E-state index in [2.05, 4.69) is 15.5 Å². The first-order valence-corrected chi connectivity index (χ1v) is 5.40. The lowest BCUT2D eigenvalue weighted by Gasteiger charge is -2.05. The summed E-state index contributed by atoms with van der Waals surface area (Å²) < 4.78 is 11.7. The molecule has 7 heteroatoms. The van der Waals surface area contributed by atoms with Gasteiger partial charge in [0.1, 0.15) is 18.8 Å². The molecular formula is C10H18N4O3. The van der Waals surface area contributed by atoms with E-state index in [-0.39, 0.29) is 12.5 Å². The van der Waals surface area contributed by atoms with E-state index in [4.69, 9.17) is 9.47 Å². The number of carbonyl (C=O) groups is 1. The maximum atomic E-state index is 11.3. The Kier molecular flexibility index (Phi) is 6.19. The first kappa shape index (κ1) is 13.6. The van der Waals surface area contributed by atoms with Crippen LogP contribution in [-0.2, 0) is 27.7 Å². The fourth-order valence-corrected chi connectivity index (χ4v) is 1.21. The molecule has 0 aliphatic carbocycles. The second-order valence-electron chi connectivity index (χ2n) is 3.50. The van der Waals surface area contributed by atoms with Crippen molar-refractivity contribution < 1.29 is 14.3 Å². The number of nitrogens with zero attached hydrogens (tertiary/aromatic N) is 3. The minimum atomic E-state index is -0.136. The Morgan fingerprint density at radius 2 is 2.35 bits per heavy atom. The third-order valence-corrected chi connectivity index (χ3v) is 2.14. The van der Waals surface area contributed by atoms with Crippen molar-refractivity contribution in [1.82, 2.24) is 20.1 Å². The largest absolute Gasteiger partial charge is 0.382 e. The van der Waals surface area contributed by atoms with Crippen molar-refractivity contribution >= 4 is 5.91 Å². The van der Waals surface area contributed by atoms with E-state index >= 15 is 0 Å². The Hall–Kier alpha value is -1.47. The summed E-state index contributed by atoms with van der Waals surface area (Å²) in [6.45, 7) is 1.50. The monoisotopic (exact) mass is 242 g/mol. The van der Waals surface area contributed by atoms with Crippen molar-refractivity contribution in [2.75, 3.05) is 33.5 Å². The molecule has 17 heavy (non-hydrogen) atoms. The van der Waals surface area contributed by atoms with E-state index in [9.17, 15) is 4.79 Å². The molecule has 1 heterocycles. The highest BCUT2D eigenvalue weighted by Crippen LogP contribution is 1.91. The molecule has 0 aromatic carbocycles. The van der Waals surface area contributed by atoms with Gasteiger partial charge in [0.25, 0.3) is 0 Å². The molecule has 0 atom stereocenters. The van der Waals surface area contributed by atoms with Crippen LogP contribution in [-0.4, -0.2) is 54.1 Å². The SMILES string of the molecule is COCCOCC(=O)NCCc1nncn1C. The number of hydrogen-bond acceptors (Lipinski definition) is 5. The fourth-order valence-electron chi connectivity index (χ4n) is 1.21. The smallest absolute Gasteiger partial charge is 0.246 e. The average Bonchev–Trinajstić information content (AvgIpc) is 2.71. The normalized spacial score (nSPS) is 10.5. The van der Waals surface area contributed by atoms with Gasteiger partial charge >= 0.3 is 0 Å². The third-order valence-electron chi connectivity index (χ3n) is 2.14. The number of rotatable bonds is 8. The second kappa shape index (κ2) is 7.75. The summed E-state index contributed by atoms with van der Waals surface area (Å²) in [5, 5.41) is 10.4. The van der Waals surface area contributed by atoms with Crippen LogP contribution in [0.1, 0.15) is 5.82 Å². The first-order valence-electron chi connectivity index (χ1n) is 5.40. The van der Waals surface area contributed by atoms with Gasteiger partial charge in [0.2, 0.25) is 5.91 Å². The zero-order chi connectivity index (χ0) is 12.5. The summed E-state index contributed by atoms with van der Waals surface area (Å²) in [5.41, 5.74) is 0. The van der Waals surface area contributed by atoms with Crippen LogP contribution in [0.15, 0.2) is 6.33 Å². The topological polar surface area (TPSA) is 78.3 Å². The van der Waals surface area contributed by atoms with Crippen LogP contribution in [0.2, 0.25) is 0 Å². The van der Waals surface area contributed by atoms with Crippen LogP contribution in [0, 0.1) is 0 Å². The van der Waals surface area contributed by atoms with Crippen molar-refractivity contribution in [2.45, 2.75) is 6.42 Å². The number of hydrogen-bond donors (Lipinski definition) is 1. The summed E-state index contributed by atoms with van der Waals surface area (Å²) in [4.78, 5) is 11.3. The van der Waals surface area contributed by atoms with Gasteiger partial charge in [0, 0.05) is 27.1 Å². The maximum Gasteiger partial charge on any atom is 0.246 e. The van der Waals surface area contributed by atoms with Crippen LogP contribution in [0.25, 0.3) is 0 Å². The number of methoxy groups -OCH3 is 1. The molecule has 0 aliphatic heterocycles. The van der Waals surface area contributed by atoms with Crippen molar-refractivity contribution in [3.05, 3.63) is 12.2 Å². The van der Waals surface area contributed by atoms with E-state index in [0.717, 1.165) is 5.82 Å². The number of amides is 1. The number of aromatic nitrogens is 3. The molecule has 1 amide bonds. The lowest BCUT2D eigenvalue weighted by Crippen LogP contribution is -2.30. The van der Waals surface area contributed by atoms with Gasteiger partial charge in [-0.3, -0.25) is 4.79 Å². The van der Waals surface area contributed by atoms with Crippen molar-refractivity contribution in [3.63, 3.8) is 0 Å². The predicted octanol–water partition coefficient (Wildman–Crippen LogP) is -0.863. The zero-order valence-corrected chi connectivity index (χ0v) is 10.2. The highest BCUT2D eigenvalue weighted by Gasteiger charge is 2.03. The number of carbonyl (C=O) groups excluding carboxylic acids is 1. The number of nitrogens with one attached hydrogen (secondary N) is 1. The fraction of sp³-hybridized carbons (Fsp3) is 0.700. The lowest BCUT2D eigenvalue weighted by molar-refractivity contribution is -0.126. The Balaban J connectivity index is 2.06. The van der Waals surface area contributed by atoms with Crippen molar-refractivity contribution in [1.29, 1.82) is 0 Å². The van der Waals surface area contributed by atoms with Crippen molar-refractivity contribution in [2.24, 2.45) is 7.05 Å². The minimum Gasteiger partial charge on any atom is -0.382 e. The summed E-state index contributed by atoms with van der Waals surface area (Å²) in [7, 11) is 3.45. The lowest BCUT2D eigenvalue weighted by atomic mass is 10.4. The van der Waals surface area contributed by atoms with Gasteiger partial charge in [-0.05, 0) is 0 Å². The molecule has 7 nitrogen and oxygen atoms in total. The van der Waals surface area contributed by atoms with E-state index in [0.29, 0.717) is 26.2 Å². The summed E-state index contributed by atoms with van der Waals surface area (Å²) in [6, 6.07) is 0. The molecule has 0 aliphatic rings. The summed E-state index contributed by atoms with van der Waals surface area (Å²) >= 11 is 0. The van der Waals surface area contributed by atoms with Crippen LogP contribution in [0.4, 0.5) is 0 Å². The Labute approximate surface area is 100 Å². The molecule has 1 aromatic heterocycles. The van der Waals surface area contributed by atoms with E-state index < -0.39 is 0 Å². The molecule has 1 N–H and O–H groups in total. The van der Waals surface area contributed by atoms with E-state index in [1.54, 1.807) is 13.4 Å². The summed E-state index contributed by atoms with van der Waals surface area (Å²) in [5.74, 6) is 0.703. The zero-order valence-electron chi connectivity index (χ0n) is 10.2. The van der Waals surface area contributed by atoms with Gasteiger partial charge in [-0.1, -0.05) is 0 Å². The molecule has 0 spiro atoms. The Morgan fingerprint density at radius 1 is 1.53 bits per heavy atom. The van der Waals surface area contributed by atoms with E-state index in [1.165, 1.54) is 0 Å². The Bertz CT molecular complexity index is 340. The minimum absolute atomic E-state index is 0.0577. The molecule has 1 rings (SSSR count). The summed E-state index contributed by atoms with van der Waals surface area (Å²) in [6.07, 6.45) is 2.28. The average molecular weight is 242 g/mol. The van der Waals surface area contributed by atoms with Gasteiger partial charge in [0.05, 0.1) is 13.2 Å². The van der Waals surface area contributed by atoms with Gasteiger partial charge in [-0.2, -0.15) is 0 Å². The molecule has 0 radical (unpaired) electrons. The number of ether oxygens (including phenoxy) is 2. The quantitative estimate of drug-likeness (QED) is 0.600. The molecule has 0 saturated carbocycles. The van der Waals surface area contributed by atoms with Crippen molar-refractivity contribution in [3.8, 4) is 0 Å². The molecule has 0 fully saturated rings. The van der Waals surface area contributed by atoms with Crippen LogP contribution >= 0.6 is 0 Å². The van der Waals surface area contributed by atoms with Crippen LogP contribution in [0.3, 0.4) is 0 Å². The molecule has 0 saturated heterocycles. The first-order chi connectivity index (χ1) is 8.24. The number of aryl methyl sites for hydroxylation is 1. The van der Waals surface area contributed by atoms with Crippen LogP contribution < -0.4 is 5.32 Å². The van der Waals surface area contributed by atoms with Gasteiger partial charge < -0.3 is 19.4 Å². The van der Waals surface area contributed by atoms with Gasteiger partial charge in [-0.25, -0.2) is 0 Å². The molecule has 0 unspecified atom stereocenters. The van der Waals surface area contributed by atoms with Crippen LogP contribution in [0.5, 0.6) is 0 Å². The highest BCUT2D eigenvalue weighted by molar-refractivity contribution is 5.77. The predicted molar refractivity (Wildman–Crippen MR) is 60.4 cm³/mol. The Morgan fingerprint density at radius 3 is 3.00 bits per heavy atom. The standard InChI is InChI=1S/C10H18N4O3/c1-14-8-12-13-9(14)3-4-11-10(15)7-17-6-5-16-2/h8H,3-7H2,1-2H3,(H,11,15). The third kappa shape index (κ3) is 5.41. The molecule has 96 valence electrons. The van der Waals surface area contributed by atoms with Gasteiger partial charge in [0.15, 0.2) is 0 Å². The second-order valence-corrected chi connectivity index (χ2v) is 3.50.